The Hall–Kier alpha value is -2.68. The van der Waals surface area contributed by atoms with Gasteiger partial charge >= 0.3 is 0 Å². The van der Waals surface area contributed by atoms with Gasteiger partial charge in [0.1, 0.15) is 6.07 Å². The minimum atomic E-state index is -4.01. The van der Waals surface area contributed by atoms with E-state index >= 15 is 0 Å². The number of aryl methyl sites for hydroxylation is 1. The zero-order valence-electron chi connectivity index (χ0n) is 13.0. The maximum atomic E-state index is 12.4. The molecule has 3 rings (SSSR count). The van der Waals surface area contributed by atoms with Gasteiger partial charge < -0.3 is 0 Å². The summed E-state index contributed by atoms with van der Waals surface area (Å²) in [5.41, 5.74) is 1.45. The normalized spacial score (nSPS) is 12.7. The average Bonchev–Trinajstić information content (AvgIpc) is 2.59. The third kappa shape index (κ3) is 3.30. The van der Waals surface area contributed by atoms with Crippen molar-refractivity contribution in [2.45, 2.75) is 17.9 Å². The summed E-state index contributed by atoms with van der Waals surface area (Å²) < 4.78 is 29.9. The molecule has 0 aliphatic heterocycles. The number of nitriles is 1. The van der Waals surface area contributed by atoms with E-state index in [0.717, 1.165) is 16.3 Å². The molecule has 3 aromatic rings. The second kappa shape index (κ2) is 6.44. The Kier molecular flexibility index (Phi) is 4.34. The van der Waals surface area contributed by atoms with Crippen LogP contribution in [0.25, 0.3) is 10.8 Å². The molecule has 120 valence electrons. The molecule has 1 unspecified atom stereocenters. The molecule has 3 aromatic carbocycles. The van der Waals surface area contributed by atoms with Crippen LogP contribution in [0.3, 0.4) is 0 Å². The van der Waals surface area contributed by atoms with Gasteiger partial charge in [-0.05, 0) is 41.5 Å². The highest BCUT2D eigenvalue weighted by Gasteiger charge is 2.23. The fourth-order valence-corrected chi connectivity index (χ4v) is 3.40. The predicted molar refractivity (Wildman–Crippen MR) is 91.8 cm³/mol. The summed E-state index contributed by atoms with van der Waals surface area (Å²) >= 11 is 0. The Morgan fingerprint density at radius 3 is 2.29 bits per heavy atom. The maximum Gasteiger partial charge on any atom is 0.298 e. The molecular weight excluding hydrogens is 322 g/mol. The SMILES string of the molecule is Cc1ccc(S(=O)(=O)OC(C#N)c2ccc3ccccc3c2)cc1. The van der Waals surface area contributed by atoms with Crippen molar-refractivity contribution in [2.75, 3.05) is 0 Å². The first-order valence-corrected chi connectivity index (χ1v) is 8.79. The first kappa shape index (κ1) is 16.2. The molecule has 0 bridgehead atoms. The molecule has 4 nitrogen and oxygen atoms in total. The van der Waals surface area contributed by atoms with Crippen molar-refractivity contribution in [3.05, 3.63) is 77.9 Å². The Bertz CT molecular complexity index is 1020. The first-order valence-electron chi connectivity index (χ1n) is 7.38. The molecular formula is C19H15NO3S. The van der Waals surface area contributed by atoms with E-state index < -0.39 is 16.2 Å². The van der Waals surface area contributed by atoms with Gasteiger partial charge in [0.05, 0.1) is 4.90 Å². The molecule has 0 aliphatic carbocycles. The summed E-state index contributed by atoms with van der Waals surface area (Å²) in [5.74, 6) is 0. The average molecular weight is 337 g/mol. The lowest BCUT2D eigenvalue weighted by molar-refractivity contribution is 0.268. The van der Waals surface area contributed by atoms with Crippen molar-refractivity contribution in [3.8, 4) is 6.07 Å². The van der Waals surface area contributed by atoms with E-state index in [1.165, 1.54) is 12.1 Å². The van der Waals surface area contributed by atoms with Gasteiger partial charge in [0.25, 0.3) is 10.1 Å². The number of hydrogen-bond acceptors (Lipinski definition) is 4. The summed E-state index contributed by atoms with van der Waals surface area (Å²) in [7, 11) is -4.01. The molecule has 0 aliphatic rings. The molecule has 1 atom stereocenters. The van der Waals surface area contributed by atoms with Crippen LogP contribution in [0.1, 0.15) is 17.2 Å². The fraction of sp³-hybridized carbons (Fsp3) is 0.105. The van der Waals surface area contributed by atoms with Crippen LogP contribution in [0, 0.1) is 18.3 Å². The highest BCUT2D eigenvalue weighted by Crippen LogP contribution is 2.26. The van der Waals surface area contributed by atoms with Crippen molar-refractivity contribution in [1.82, 2.24) is 0 Å². The molecule has 0 saturated carbocycles. The van der Waals surface area contributed by atoms with Crippen molar-refractivity contribution in [3.63, 3.8) is 0 Å². The molecule has 0 fully saturated rings. The second-order valence-corrected chi connectivity index (χ2v) is 7.05. The van der Waals surface area contributed by atoms with Gasteiger partial charge in [0.15, 0.2) is 6.10 Å². The topological polar surface area (TPSA) is 67.2 Å². The van der Waals surface area contributed by atoms with Crippen LogP contribution in [0.15, 0.2) is 71.6 Å². The van der Waals surface area contributed by atoms with Crippen molar-refractivity contribution in [2.24, 2.45) is 0 Å². The molecule has 0 N–H and O–H groups in total. The standard InChI is InChI=1S/C19H15NO3S/c1-14-6-10-18(11-7-14)24(21,22)23-19(13-20)17-9-8-15-4-2-3-5-16(15)12-17/h2-12,19H,1H3. The van der Waals surface area contributed by atoms with E-state index in [-0.39, 0.29) is 4.90 Å². The van der Waals surface area contributed by atoms with Gasteiger partial charge in [-0.25, -0.2) is 4.18 Å². The molecule has 0 spiro atoms. The third-order valence-electron chi connectivity index (χ3n) is 3.73. The maximum absolute atomic E-state index is 12.4. The van der Waals surface area contributed by atoms with Crippen LogP contribution in [0.2, 0.25) is 0 Å². The van der Waals surface area contributed by atoms with Gasteiger partial charge in [0, 0.05) is 0 Å². The number of hydrogen-bond donors (Lipinski definition) is 0. The summed E-state index contributed by atoms with van der Waals surface area (Å²) in [5, 5.41) is 11.3. The van der Waals surface area contributed by atoms with Gasteiger partial charge in [-0.3, -0.25) is 0 Å². The van der Waals surface area contributed by atoms with Gasteiger partial charge in [-0.1, -0.05) is 54.1 Å². The third-order valence-corrected chi connectivity index (χ3v) is 5.02. The highest BCUT2D eigenvalue weighted by atomic mass is 32.2. The van der Waals surface area contributed by atoms with Gasteiger partial charge in [-0.2, -0.15) is 13.7 Å². The van der Waals surface area contributed by atoms with E-state index in [4.69, 9.17) is 4.18 Å². The smallest absolute Gasteiger partial charge is 0.243 e. The Labute approximate surface area is 141 Å². The van der Waals surface area contributed by atoms with E-state index in [1.807, 2.05) is 43.3 Å². The lowest BCUT2D eigenvalue weighted by atomic mass is 10.0. The van der Waals surface area contributed by atoms with Crippen LogP contribution in [-0.2, 0) is 14.3 Å². The minimum absolute atomic E-state index is 0.0362. The van der Waals surface area contributed by atoms with Crippen molar-refractivity contribution >= 4 is 20.9 Å². The summed E-state index contributed by atoms with van der Waals surface area (Å²) in [6.07, 6.45) is -1.19. The molecule has 0 amide bonds. The number of fused-ring (bicyclic) bond motifs is 1. The predicted octanol–water partition coefficient (Wildman–Crippen LogP) is 4.12. The van der Waals surface area contributed by atoms with Crippen LogP contribution in [0.4, 0.5) is 0 Å². The van der Waals surface area contributed by atoms with E-state index in [1.54, 1.807) is 24.3 Å². The summed E-state index contributed by atoms with van der Waals surface area (Å²) in [6, 6.07) is 21.2. The van der Waals surface area contributed by atoms with Gasteiger partial charge in [0.2, 0.25) is 0 Å². The van der Waals surface area contributed by atoms with Gasteiger partial charge in [-0.15, -0.1) is 0 Å². The highest BCUT2D eigenvalue weighted by molar-refractivity contribution is 7.86. The van der Waals surface area contributed by atoms with E-state index in [0.29, 0.717) is 5.56 Å². The monoisotopic (exact) mass is 337 g/mol. The Morgan fingerprint density at radius 2 is 1.62 bits per heavy atom. The van der Waals surface area contributed by atoms with Crippen LogP contribution in [0.5, 0.6) is 0 Å². The minimum Gasteiger partial charge on any atom is -0.243 e. The molecule has 0 saturated heterocycles. The zero-order valence-corrected chi connectivity index (χ0v) is 13.8. The number of rotatable bonds is 4. The Morgan fingerprint density at radius 1 is 0.958 bits per heavy atom. The lowest BCUT2D eigenvalue weighted by Crippen LogP contribution is -2.11. The van der Waals surface area contributed by atoms with Crippen LogP contribution >= 0.6 is 0 Å². The van der Waals surface area contributed by atoms with Crippen LogP contribution in [-0.4, -0.2) is 8.42 Å². The van der Waals surface area contributed by atoms with Crippen molar-refractivity contribution < 1.29 is 12.6 Å². The molecule has 0 aromatic heterocycles. The summed E-state index contributed by atoms with van der Waals surface area (Å²) in [6.45, 7) is 1.87. The van der Waals surface area contributed by atoms with Crippen LogP contribution < -0.4 is 0 Å². The Balaban J connectivity index is 1.93. The molecule has 24 heavy (non-hydrogen) atoms. The largest absolute Gasteiger partial charge is 0.298 e. The summed E-state index contributed by atoms with van der Waals surface area (Å²) in [4.78, 5) is 0.0362. The zero-order chi connectivity index (χ0) is 17.2. The molecule has 0 heterocycles. The lowest BCUT2D eigenvalue weighted by Gasteiger charge is -2.12. The second-order valence-electron chi connectivity index (χ2n) is 5.48. The number of nitrogens with zero attached hydrogens (tertiary/aromatic N) is 1. The number of benzene rings is 3. The van der Waals surface area contributed by atoms with Crippen molar-refractivity contribution in [1.29, 1.82) is 5.26 Å². The van der Waals surface area contributed by atoms with E-state index in [2.05, 4.69) is 0 Å². The van der Waals surface area contributed by atoms with E-state index in [9.17, 15) is 13.7 Å². The first-order chi connectivity index (χ1) is 11.5. The fourth-order valence-electron chi connectivity index (χ4n) is 2.41. The molecule has 5 heteroatoms. The quantitative estimate of drug-likeness (QED) is 0.672. The molecule has 0 radical (unpaired) electrons.